The van der Waals surface area contributed by atoms with Crippen molar-refractivity contribution in [3.8, 4) is 0 Å². The van der Waals surface area contributed by atoms with Gasteiger partial charge in [-0.05, 0) is 37.1 Å². The summed E-state index contributed by atoms with van der Waals surface area (Å²) in [7, 11) is 0. The summed E-state index contributed by atoms with van der Waals surface area (Å²) in [6.45, 7) is 4.54. The Morgan fingerprint density at radius 3 is 3.00 bits per heavy atom. The number of hydrogen-bond acceptors (Lipinski definition) is 3. The summed E-state index contributed by atoms with van der Waals surface area (Å²) in [6, 6.07) is 4.12. The van der Waals surface area contributed by atoms with Gasteiger partial charge in [-0.15, -0.1) is 11.3 Å². The van der Waals surface area contributed by atoms with Crippen LogP contribution in [-0.2, 0) is 14.9 Å². The first-order valence-corrected chi connectivity index (χ1v) is 7.31. The first-order valence-electron chi connectivity index (χ1n) is 6.43. The van der Waals surface area contributed by atoms with Crippen LogP contribution in [0.5, 0.6) is 0 Å². The predicted octanol–water partition coefficient (Wildman–Crippen LogP) is 3.76. The highest BCUT2D eigenvalue weighted by Gasteiger charge is 2.48. The van der Waals surface area contributed by atoms with Crippen molar-refractivity contribution in [1.82, 2.24) is 0 Å². The first kappa shape index (κ1) is 12.6. The molecule has 0 bridgehead atoms. The van der Waals surface area contributed by atoms with E-state index in [4.69, 9.17) is 4.74 Å². The first-order chi connectivity index (χ1) is 8.21. The van der Waals surface area contributed by atoms with E-state index >= 15 is 0 Å². The zero-order valence-corrected chi connectivity index (χ0v) is 11.4. The van der Waals surface area contributed by atoms with Gasteiger partial charge in [-0.2, -0.15) is 0 Å². The van der Waals surface area contributed by atoms with Crippen molar-refractivity contribution in [2.75, 3.05) is 6.61 Å². The maximum absolute atomic E-state index is 12.4. The fraction of sp³-hybridized carbons (Fsp3) is 0.643. The van der Waals surface area contributed by atoms with Crippen LogP contribution in [0.4, 0.5) is 0 Å². The highest BCUT2D eigenvalue weighted by molar-refractivity contribution is 7.10. The van der Waals surface area contributed by atoms with Crippen molar-refractivity contribution in [3.05, 3.63) is 22.4 Å². The molecule has 1 fully saturated rings. The van der Waals surface area contributed by atoms with Crippen LogP contribution in [0.2, 0.25) is 0 Å². The number of hydrogen-bond donors (Lipinski definition) is 0. The lowest BCUT2D eigenvalue weighted by Gasteiger charge is -2.39. The largest absolute Gasteiger partial charge is 0.465 e. The second kappa shape index (κ2) is 5.21. The Morgan fingerprint density at radius 1 is 1.59 bits per heavy atom. The van der Waals surface area contributed by atoms with Gasteiger partial charge in [0.05, 0.1) is 6.61 Å². The molecule has 0 amide bonds. The minimum absolute atomic E-state index is 0.0188. The SMILES string of the molecule is CCOC(=O)C1(c2cccs2)CCCCC1C. The molecule has 0 radical (unpaired) electrons. The predicted molar refractivity (Wildman–Crippen MR) is 70.3 cm³/mol. The number of ether oxygens (including phenoxy) is 1. The van der Waals surface area contributed by atoms with E-state index in [0.717, 1.165) is 19.3 Å². The van der Waals surface area contributed by atoms with E-state index in [9.17, 15) is 4.79 Å². The van der Waals surface area contributed by atoms with Gasteiger partial charge in [0.1, 0.15) is 5.41 Å². The summed E-state index contributed by atoms with van der Waals surface area (Å²) >= 11 is 1.69. The summed E-state index contributed by atoms with van der Waals surface area (Å²) in [6.07, 6.45) is 4.42. The molecule has 0 N–H and O–H groups in total. The van der Waals surface area contributed by atoms with Crippen molar-refractivity contribution in [3.63, 3.8) is 0 Å². The number of thiophene rings is 1. The van der Waals surface area contributed by atoms with Crippen LogP contribution < -0.4 is 0 Å². The van der Waals surface area contributed by atoms with Gasteiger partial charge in [-0.1, -0.05) is 25.8 Å². The average Bonchev–Trinajstić information content (AvgIpc) is 2.84. The van der Waals surface area contributed by atoms with Gasteiger partial charge in [0, 0.05) is 4.88 Å². The standard InChI is InChI=1S/C14H20O2S/c1-3-16-13(15)14(12-8-6-10-17-12)9-5-4-7-11(14)2/h6,8,10-11H,3-5,7,9H2,1-2H3. The summed E-state index contributed by atoms with van der Waals surface area (Å²) in [5.41, 5.74) is -0.373. The Balaban J connectivity index is 2.38. The summed E-state index contributed by atoms with van der Waals surface area (Å²) in [5.74, 6) is 0.364. The highest BCUT2D eigenvalue weighted by Crippen LogP contribution is 2.46. The topological polar surface area (TPSA) is 26.3 Å². The molecular formula is C14H20O2S. The van der Waals surface area contributed by atoms with E-state index in [1.165, 1.54) is 11.3 Å². The molecule has 0 aromatic carbocycles. The maximum Gasteiger partial charge on any atom is 0.317 e. The smallest absolute Gasteiger partial charge is 0.317 e. The molecule has 2 unspecified atom stereocenters. The molecule has 1 saturated carbocycles. The lowest BCUT2D eigenvalue weighted by molar-refractivity contribution is -0.153. The molecular weight excluding hydrogens is 232 g/mol. The minimum Gasteiger partial charge on any atom is -0.465 e. The minimum atomic E-state index is -0.373. The van der Waals surface area contributed by atoms with Crippen LogP contribution in [0.3, 0.4) is 0 Å². The van der Waals surface area contributed by atoms with Gasteiger partial charge in [-0.25, -0.2) is 0 Å². The zero-order valence-electron chi connectivity index (χ0n) is 10.6. The molecule has 1 aromatic heterocycles. The summed E-state index contributed by atoms with van der Waals surface area (Å²) in [5, 5.41) is 2.05. The van der Waals surface area contributed by atoms with Gasteiger partial charge >= 0.3 is 5.97 Å². The zero-order chi connectivity index (χ0) is 12.3. The van der Waals surface area contributed by atoms with Crippen LogP contribution >= 0.6 is 11.3 Å². The fourth-order valence-corrected chi connectivity index (χ4v) is 3.97. The Labute approximate surface area is 107 Å². The molecule has 1 aliphatic carbocycles. The lowest BCUT2D eigenvalue weighted by Crippen LogP contribution is -2.44. The van der Waals surface area contributed by atoms with E-state index in [-0.39, 0.29) is 11.4 Å². The van der Waals surface area contributed by atoms with Crippen molar-refractivity contribution >= 4 is 17.3 Å². The summed E-state index contributed by atoms with van der Waals surface area (Å²) < 4.78 is 5.35. The third-order valence-electron chi connectivity index (χ3n) is 3.90. The van der Waals surface area contributed by atoms with Gasteiger partial charge < -0.3 is 4.74 Å². The van der Waals surface area contributed by atoms with Crippen LogP contribution in [0.25, 0.3) is 0 Å². The molecule has 1 aromatic rings. The van der Waals surface area contributed by atoms with E-state index in [2.05, 4.69) is 18.4 Å². The molecule has 3 heteroatoms. The molecule has 0 aliphatic heterocycles. The molecule has 1 aliphatic rings. The molecule has 2 rings (SSSR count). The molecule has 2 nitrogen and oxygen atoms in total. The van der Waals surface area contributed by atoms with Gasteiger partial charge in [0.15, 0.2) is 0 Å². The van der Waals surface area contributed by atoms with Crippen molar-refractivity contribution in [2.24, 2.45) is 5.92 Å². The van der Waals surface area contributed by atoms with Gasteiger partial charge in [0.2, 0.25) is 0 Å². The molecule has 94 valence electrons. The van der Waals surface area contributed by atoms with E-state index in [1.807, 2.05) is 13.0 Å². The van der Waals surface area contributed by atoms with Crippen molar-refractivity contribution < 1.29 is 9.53 Å². The molecule has 2 atom stereocenters. The number of carbonyl (C=O) groups excluding carboxylic acids is 1. The molecule has 1 heterocycles. The second-order valence-corrected chi connectivity index (χ2v) is 5.76. The third kappa shape index (κ3) is 2.13. The quantitative estimate of drug-likeness (QED) is 0.766. The lowest BCUT2D eigenvalue weighted by atomic mass is 9.66. The third-order valence-corrected chi connectivity index (χ3v) is 4.95. The Morgan fingerprint density at radius 2 is 2.41 bits per heavy atom. The van der Waals surface area contributed by atoms with E-state index in [0.29, 0.717) is 12.5 Å². The Bertz CT molecular complexity index is 372. The number of esters is 1. The van der Waals surface area contributed by atoms with Crippen LogP contribution in [0.15, 0.2) is 17.5 Å². The normalized spacial score (nSPS) is 28.9. The van der Waals surface area contributed by atoms with Crippen LogP contribution in [-0.4, -0.2) is 12.6 Å². The second-order valence-electron chi connectivity index (χ2n) is 4.82. The summed E-state index contributed by atoms with van der Waals surface area (Å²) in [4.78, 5) is 13.6. The molecule has 0 saturated heterocycles. The number of rotatable bonds is 3. The Hall–Kier alpha value is -0.830. The van der Waals surface area contributed by atoms with Crippen LogP contribution in [0.1, 0.15) is 44.4 Å². The van der Waals surface area contributed by atoms with Crippen molar-refractivity contribution in [2.45, 2.75) is 44.9 Å². The van der Waals surface area contributed by atoms with Gasteiger partial charge in [-0.3, -0.25) is 4.79 Å². The van der Waals surface area contributed by atoms with Gasteiger partial charge in [0.25, 0.3) is 0 Å². The van der Waals surface area contributed by atoms with E-state index in [1.54, 1.807) is 11.3 Å². The Kier molecular flexibility index (Phi) is 3.87. The maximum atomic E-state index is 12.4. The van der Waals surface area contributed by atoms with E-state index < -0.39 is 0 Å². The molecule has 17 heavy (non-hydrogen) atoms. The number of carbonyl (C=O) groups is 1. The van der Waals surface area contributed by atoms with Crippen LogP contribution in [0, 0.1) is 5.92 Å². The average molecular weight is 252 g/mol. The van der Waals surface area contributed by atoms with Crippen molar-refractivity contribution in [1.29, 1.82) is 0 Å². The molecule has 0 spiro atoms. The fourth-order valence-electron chi connectivity index (χ4n) is 2.91. The highest BCUT2D eigenvalue weighted by atomic mass is 32.1. The monoisotopic (exact) mass is 252 g/mol.